The molecule has 1 saturated heterocycles. The zero-order chi connectivity index (χ0) is 24.4. The number of nitrogens with zero attached hydrogens (tertiary/aromatic N) is 1. The molecule has 34 heavy (non-hydrogen) atoms. The molecule has 177 valence electrons. The van der Waals surface area contributed by atoms with Crippen molar-refractivity contribution < 1.29 is 28.9 Å². The lowest BCUT2D eigenvalue weighted by Gasteiger charge is -2.44. The van der Waals surface area contributed by atoms with Crippen LogP contribution in [0.15, 0.2) is 54.6 Å². The number of Topliss-reactive ketones (excluding diaryl/α,β-unsaturated/α-hetero) is 1. The van der Waals surface area contributed by atoms with Crippen LogP contribution in [0.5, 0.6) is 11.5 Å². The van der Waals surface area contributed by atoms with Crippen LogP contribution in [0.1, 0.15) is 38.9 Å². The normalized spacial score (nSPS) is 20.9. The van der Waals surface area contributed by atoms with Gasteiger partial charge in [0.1, 0.15) is 11.6 Å². The van der Waals surface area contributed by atoms with Crippen molar-refractivity contribution in [1.82, 2.24) is 4.90 Å². The number of ketones is 1. The third-order valence-corrected chi connectivity index (χ3v) is 6.68. The van der Waals surface area contributed by atoms with Gasteiger partial charge in [-0.2, -0.15) is 0 Å². The van der Waals surface area contributed by atoms with Gasteiger partial charge in [0.2, 0.25) is 0 Å². The lowest BCUT2D eigenvalue weighted by Crippen LogP contribution is -2.48. The minimum Gasteiger partial charge on any atom is -0.508 e. The number of hydrogen-bond acceptors (Lipinski definition) is 5. The summed E-state index contributed by atoms with van der Waals surface area (Å²) >= 11 is 0. The highest BCUT2D eigenvalue weighted by atomic mass is 19.1. The summed E-state index contributed by atoms with van der Waals surface area (Å²) in [4.78, 5) is 15.7. The number of aliphatic hydroxyl groups excluding tert-OH is 1. The average Bonchev–Trinajstić information content (AvgIpc) is 2.82. The molecule has 0 spiro atoms. The predicted octanol–water partition coefficient (Wildman–Crippen LogP) is 4.16. The Morgan fingerprint density at radius 3 is 2.59 bits per heavy atom. The number of rotatable bonds is 6. The van der Waals surface area contributed by atoms with Gasteiger partial charge in [-0.1, -0.05) is 36.4 Å². The molecule has 3 aromatic rings. The van der Waals surface area contributed by atoms with Gasteiger partial charge in [-0.3, -0.25) is 9.69 Å². The van der Waals surface area contributed by atoms with Gasteiger partial charge in [0, 0.05) is 54.6 Å². The zero-order valence-electron chi connectivity index (χ0n) is 18.7. The van der Waals surface area contributed by atoms with Crippen LogP contribution in [-0.2, 0) is 0 Å². The van der Waals surface area contributed by atoms with Crippen molar-refractivity contribution in [3.63, 3.8) is 0 Å². The molecule has 1 aliphatic rings. The molecular formula is C27H26F2NO4. The summed E-state index contributed by atoms with van der Waals surface area (Å²) in [6.45, 7) is 2.36. The smallest absolute Gasteiger partial charge is 0.173 e. The Morgan fingerprint density at radius 2 is 1.85 bits per heavy atom. The number of aromatic hydroxyl groups is 2. The summed E-state index contributed by atoms with van der Waals surface area (Å²) in [6.07, 6.45) is 0. The van der Waals surface area contributed by atoms with Gasteiger partial charge in [0.05, 0.1) is 6.61 Å². The fourth-order valence-corrected chi connectivity index (χ4v) is 5.07. The third-order valence-electron chi connectivity index (χ3n) is 6.68. The van der Waals surface area contributed by atoms with Crippen molar-refractivity contribution in [3.05, 3.63) is 94.6 Å². The summed E-state index contributed by atoms with van der Waals surface area (Å²) in [5.74, 6) is -4.07. The molecule has 1 radical (unpaired) electrons. The molecular weight excluding hydrogens is 440 g/mol. The predicted molar refractivity (Wildman–Crippen MR) is 123 cm³/mol. The highest BCUT2D eigenvalue weighted by Crippen LogP contribution is 2.47. The maximum absolute atomic E-state index is 14.6. The second-order valence-corrected chi connectivity index (χ2v) is 8.69. The maximum atomic E-state index is 14.6. The van der Waals surface area contributed by atoms with Gasteiger partial charge in [-0.15, -0.1) is 0 Å². The topological polar surface area (TPSA) is 81.0 Å². The van der Waals surface area contributed by atoms with Crippen molar-refractivity contribution in [3.8, 4) is 11.5 Å². The summed E-state index contributed by atoms with van der Waals surface area (Å²) < 4.78 is 28.9. The van der Waals surface area contributed by atoms with E-state index in [2.05, 4.69) is 6.07 Å². The highest BCUT2D eigenvalue weighted by Gasteiger charge is 2.44. The Balaban J connectivity index is 1.91. The Hall–Kier alpha value is -3.29. The molecule has 0 amide bonds. The lowest BCUT2D eigenvalue weighted by atomic mass is 9.67. The number of phenolic OH excluding ortho intramolecular Hbond substituents is 2. The molecule has 4 rings (SSSR count). The van der Waals surface area contributed by atoms with Gasteiger partial charge < -0.3 is 15.3 Å². The van der Waals surface area contributed by atoms with E-state index in [-0.39, 0.29) is 31.2 Å². The number of carbonyl (C=O) groups excluding carboxylic acids is 1. The summed E-state index contributed by atoms with van der Waals surface area (Å²) in [5.41, 5.74) is 1.57. The van der Waals surface area contributed by atoms with Crippen LogP contribution in [0.3, 0.4) is 0 Å². The van der Waals surface area contributed by atoms with Crippen LogP contribution in [0.2, 0.25) is 0 Å². The highest BCUT2D eigenvalue weighted by molar-refractivity contribution is 5.99. The van der Waals surface area contributed by atoms with Crippen LogP contribution in [-0.4, -0.2) is 52.2 Å². The number of carbonyl (C=O) groups is 1. The van der Waals surface area contributed by atoms with E-state index >= 15 is 0 Å². The molecule has 7 heteroatoms. The summed E-state index contributed by atoms with van der Waals surface area (Å²) in [7, 11) is 0. The van der Waals surface area contributed by atoms with Crippen LogP contribution in [0.25, 0.3) is 0 Å². The first-order valence-corrected chi connectivity index (χ1v) is 11.1. The fraction of sp³-hybridized carbons (Fsp3) is 0.296. The first kappa shape index (κ1) is 23.9. The standard InChI is InChI=1S/C27H26F2NO4/c1-16-19(7-3-9-23(16)28)25-21(20-8-4-10-24(29)27(20)34)14-30(11-12-31)15-22(25)26(33)17-5-2-6-18(32)13-17/h2-9,13,21-22,25,31-32,34H,11-12,14-15H2,1H3/t21-,22+,25-/m1/s1. The minimum absolute atomic E-state index is 0.0535. The number of benzene rings is 3. The molecule has 3 atom stereocenters. The first-order chi connectivity index (χ1) is 16.3. The number of halogens is 2. The van der Waals surface area contributed by atoms with Crippen molar-refractivity contribution >= 4 is 5.78 Å². The average molecular weight is 467 g/mol. The van der Waals surface area contributed by atoms with Gasteiger partial charge in [-0.05, 0) is 36.2 Å². The summed E-state index contributed by atoms with van der Waals surface area (Å²) in [6, 6.07) is 16.0. The van der Waals surface area contributed by atoms with Crippen LogP contribution < -0.4 is 0 Å². The molecule has 3 aromatic carbocycles. The molecule has 3 N–H and O–H groups in total. The van der Waals surface area contributed by atoms with Crippen LogP contribution in [0, 0.1) is 30.5 Å². The minimum atomic E-state index is -0.901. The number of piperidine rings is 1. The van der Waals surface area contributed by atoms with E-state index in [1.54, 1.807) is 37.3 Å². The molecule has 0 aromatic heterocycles. The first-order valence-electron chi connectivity index (χ1n) is 11.1. The summed E-state index contributed by atoms with van der Waals surface area (Å²) in [5, 5.41) is 30.1. The Morgan fingerprint density at radius 1 is 1.09 bits per heavy atom. The van der Waals surface area contributed by atoms with E-state index in [0.29, 0.717) is 28.8 Å². The maximum Gasteiger partial charge on any atom is 0.173 e. The van der Waals surface area contributed by atoms with Crippen molar-refractivity contribution in [2.45, 2.75) is 18.8 Å². The Bertz CT molecular complexity index is 1200. The van der Waals surface area contributed by atoms with Gasteiger partial charge in [0.25, 0.3) is 0 Å². The quantitative estimate of drug-likeness (QED) is 0.476. The molecule has 1 aliphatic heterocycles. The molecule has 1 heterocycles. The number of likely N-dealkylation sites (tertiary alicyclic amines) is 1. The van der Waals surface area contributed by atoms with Crippen molar-refractivity contribution in [2.24, 2.45) is 5.92 Å². The van der Waals surface area contributed by atoms with Crippen molar-refractivity contribution in [2.75, 3.05) is 26.2 Å². The molecule has 0 aliphatic carbocycles. The Kier molecular flexibility index (Phi) is 6.95. The molecule has 0 unspecified atom stereocenters. The van der Waals surface area contributed by atoms with Crippen LogP contribution in [0.4, 0.5) is 8.78 Å². The SMILES string of the molecule is Cc1c(F)cccc1[C@H]1[C@@H](C(=O)c2cccc(O)c2)CN(CCO)C[C@@H]1c1cc[c]c(F)c1O. The van der Waals surface area contributed by atoms with E-state index in [0.717, 1.165) is 0 Å². The van der Waals surface area contributed by atoms with E-state index in [1.807, 2.05) is 4.90 Å². The second kappa shape index (κ2) is 9.91. The van der Waals surface area contributed by atoms with Gasteiger partial charge in [-0.25, -0.2) is 8.78 Å². The number of aliphatic hydroxyl groups is 1. The molecule has 1 fully saturated rings. The Labute approximate surface area is 196 Å². The van der Waals surface area contributed by atoms with Gasteiger partial charge in [0.15, 0.2) is 17.3 Å². The molecule has 0 bridgehead atoms. The third kappa shape index (κ3) is 4.54. The monoisotopic (exact) mass is 466 g/mol. The number of phenols is 2. The van der Waals surface area contributed by atoms with Gasteiger partial charge >= 0.3 is 0 Å². The van der Waals surface area contributed by atoms with E-state index in [1.165, 1.54) is 24.3 Å². The second-order valence-electron chi connectivity index (χ2n) is 8.69. The lowest BCUT2D eigenvalue weighted by molar-refractivity contribution is 0.0697. The fourth-order valence-electron chi connectivity index (χ4n) is 5.07. The van der Waals surface area contributed by atoms with Crippen LogP contribution >= 0.6 is 0 Å². The molecule has 5 nitrogen and oxygen atoms in total. The molecule has 0 saturated carbocycles. The number of hydrogen-bond donors (Lipinski definition) is 3. The zero-order valence-corrected chi connectivity index (χ0v) is 18.7. The van der Waals surface area contributed by atoms with E-state index in [9.17, 15) is 28.9 Å². The van der Waals surface area contributed by atoms with E-state index in [4.69, 9.17) is 0 Å². The largest absolute Gasteiger partial charge is 0.508 e. The number of β-amino-alcohol motifs (C(OH)–C–C–N with tert-alkyl or cyclic N) is 1. The van der Waals surface area contributed by atoms with Crippen molar-refractivity contribution in [1.29, 1.82) is 0 Å². The van der Waals surface area contributed by atoms with E-state index < -0.39 is 35.1 Å².